The van der Waals surface area contributed by atoms with Crippen molar-refractivity contribution in [2.24, 2.45) is 10.9 Å². The van der Waals surface area contributed by atoms with Crippen LogP contribution in [0, 0.1) is 5.92 Å². The smallest absolute Gasteiger partial charge is 0.315 e. The molecule has 0 bridgehead atoms. The van der Waals surface area contributed by atoms with E-state index >= 15 is 0 Å². The third-order valence-electron chi connectivity index (χ3n) is 5.86. The maximum Gasteiger partial charge on any atom is 0.315 e. The van der Waals surface area contributed by atoms with E-state index in [1.54, 1.807) is 18.2 Å². The summed E-state index contributed by atoms with van der Waals surface area (Å²) in [7, 11) is 0. The molecule has 1 unspecified atom stereocenters. The number of hydrogen-bond acceptors (Lipinski definition) is 4. The van der Waals surface area contributed by atoms with Gasteiger partial charge in [-0.05, 0) is 43.0 Å². The molecule has 0 amide bonds. The largest absolute Gasteiger partial charge is 0.465 e. The number of benzene rings is 2. The van der Waals surface area contributed by atoms with Crippen LogP contribution in [0.15, 0.2) is 64.8 Å². The maximum absolute atomic E-state index is 13.2. The molecule has 0 radical (unpaired) electrons. The SMILES string of the molecule is CC1=NC2=C(C(=O)CCC2)[C@@H](c2ccc(Cl)cc2Cl)C1C(=O)OCCc1ccccc1. The molecule has 0 fully saturated rings. The molecule has 160 valence electrons. The number of hydrogen-bond donors (Lipinski definition) is 0. The first-order valence-corrected chi connectivity index (χ1v) is 11.2. The molecule has 0 saturated carbocycles. The van der Waals surface area contributed by atoms with Crippen LogP contribution in [0.5, 0.6) is 0 Å². The van der Waals surface area contributed by atoms with E-state index in [2.05, 4.69) is 4.99 Å². The van der Waals surface area contributed by atoms with Gasteiger partial charge in [-0.3, -0.25) is 14.6 Å². The van der Waals surface area contributed by atoms with E-state index in [0.29, 0.717) is 39.7 Å². The van der Waals surface area contributed by atoms with Crippen molar-refractivity contribution >= 4 is 40.7 Å². The number of aliphatic imine (C=N–C) groups is 1. The number of esters is 1. The van der Waals surface area contributed by atoms with Crippen LogP contribution in [0.4, 0.5) is 0 Å². The number of ketones is 1. The van der Waals surface area contributed by atoms with Crippen molar-refractivity contribution in [2.45, 2.75) is 38.5 Å². The van der Waals surface area contributed by atoms with E-state index in [1.807, 2.05) is 37.3 Å². The number of carbonyl (C=O) groups excluding carboxylic acids is 2. The molecular formula is C25H23Cl2NO3. The molecule has 1 aliphatic heterocycles. The minimum absolute atomic E-state index is 0.0237. The first-order chi connectivity index (χ1) is 15.0. The minimum atomic E-state index is -0.699. The number of rotatable bonds is 5. The van der Waals surface area contributed by atoms with Crippen molar-refractivity contribution in [1.29, 1.82) is 0 Å². The van der Waals surface area contributed by atoms with E-state index in [9.17, 15) is 9.59 Å². The first kappa shape index (κ1) is 21.8. The van der Waals surface area contributed by atoms with Crippen molar-refractivity contribution in [1.82, 2.24) is 0 Å². The van der Waals surface area contributed by atoms with E-state index in [1.165, 1.54) is 0 Å². The summed E-state index contributed by atoms with van der Waals surface area (Å²) in [6.45, 7) is 2.08. The summed E-state index contributed by atoms with van der Waals surface area (Å²) in [5.41, 5.74) is 3.79. The van der Waals surface area contributed by atoms with Gasteiger partial charge in [-0.2, -0.15) is 0 Å². The molecule has 1 aliphatic carbocycles. The van der Waals surface area contributed by atoms with Crippen LogP contribution in [0.25, 0.3) is 0 Å². The van der Waals surface area contributed by atoms with Crippen LogP contribution < -0.4 is 0 Å². The van der Waals surface area contributed by atoms with Gasteiger partial charge in [0.05, 0.1) is 6.61 Å². The average molecular weight is 456 g/mol. The molecule has 0 N–H and O–H groups in total. The lowest BCUT2D eigenvalue weighted by Gasteiger charge is -2.34. The zero-order valence-electron chi connectivity index (χ0n) is 17.2. The number of carbonyl (C=O) groups is 2. The van der Waals surface area contributed by atoms with Crippen molar-refractivity contribution < 1.29 is 14.3 Å². The summed E-state index contributed by atoms with van der Waals surface area (Å²) in [4.78, 5) is 30.8. The summed E-state index contributed by atoms with van der Waals surface area (Å²) in [6.07, 6.45) is 2.55. The molecule has 31 heavy (non-hydrogen) atoms. The van der Waals surface area contributed by atoms with Crippen molar-refractivity contribution in [3.63, 3.8) is 0 Å². The number of Topliss-reactive ketones (excluding diaryl/α,β-unsaturated/α-hetero) is 1. The molecular weight excluding hydrogens is 433 g/mol. The normalized spacial score (nSPS) is 20.9. The Bertz CT molecular complexity index is 1080. The quantitative estimate of drug-likeness (QED) is 0.522. The lowest BCUT2D eigenvalue weighted by atomic mass is 9.71. The number of halogens is 2. The van der Waals surface area contributed by atoms with Crippen LogP contribution >= 0.6 is 23.2 Å². The second-order valence-corrected chi connectivity index (χ2v) is 8.76. The molecule has 4 nitrogen and oxygen atoms in total. The Balaban J connectivity index is 1.66. The van der Waals surface area contributed by atoms with Gasteiger partial charge in [0, 0.05) is 45.8 Å². The van der Waals surface area contributed by atoms with Gasteiger partial charge in [0.15, 0.2) is 5.78 Å². The standard InChI is InChI=1S/C25H23Cl2NO3/c1-15-22(25(30)31-13-12-16-6-3-2-4-7-16)23(18-11-10-17(26)14-19(18)27)24-20(28-15)8-5-9-21(24)29/h2-4,6-7,10-11,14,22-23H,5,8-9,12-13H2,1H3/t22?,23-/m0/s1. The lowest BCUT2D eigenvalue weighted by Crippen LogP contribution is -2.37. The van der Waals surface area contributed by atoms with Gasteiger partial charge in [-0.15, -0.1) is 0 Å². The molecule has 2 aliphatic rings. The van der Waals surface area contributed by atoms with Gasteiger partial charge >= 0.3 is 5.97 Å². The van der Waals surface area contributed by atoms with E-state index in [-0.39, 0.29) is 12.4 Å². The van der Waals surface area contributed by atoms with Crippen LogP contribution in [0.3, 0.4) is 0 Å². The fraction of sp³-hybridized carbons (Fsp3) is 0.320. The van der Waals surface area contributed by atoms with Gasteiger partial charge in [-0.25, -0.2) is 0 Å². The predicted molar refractivity (Wildman–Crippen MR) is 123 cm³/mol. The molecule has 4 rings (SSSR count). The first-order valence-electron chi connectivity index (χ1n) is 10.4. The third kappa shape index (κ3) is 4.60. The fourth-order valence-electron chi connectivity index (χ4n) is 4.41. The second kappa shape index (κ2) is 9.37. The topological polar surface area (TPSA) is 55.7 Å². The Morgan fingerprint density at radius 1 is 1.13 bits per heavy atom. The molecule has 2 atom stereocenters. The highest BCUT2D eigenvalue weighted by molar-refractivity contribution is 6.35. The average Bonchev–Trinajstić information content (AvgIpc) is 2.74. The van der Waals surface area contributed by atoms with Crippen molar-refractivity contribution in [3.8, 4) is 0 Å². The number of ether oxygens (including phenoxy) is 1. The third-order valence-corrected chi connectivity index (χ3v) is 6.43. The highest BCUT2D eigenvalue weighted by atomic mass is 35.5. The minimum Gasteiger partial charge on any atom is -0.465 e. The van der Waals surface area contributed by atoms with E-state index in [4.69, 9.17) is 27.9 Å². The van der Waals surface area contributed by atoms with Crippen LogP contribution in [0.2, 0.25) is 10.0 Å². The Morgan fingerprint density at radius 3 is 2.65 bits per heavy atom. The van der Waals surface area contributed by atoms with Gasteiger partial charge < -0.3 is 4.74 Å². The zero-order chi connectivity index (χ0) is 22.0. The van der Waals surface area contributed by atoms with E-state index in [0.717, 1.165) is 24.1 Å². The Kier molecular flexibility index (Phi) is 6.59. The predicted octanol–water partition coefficient (Wildman–Crippen LogP) is 5.96. The van der Waals surface area contributed by atoms with Crippen molar-refractivity contribution in [2.75, 3.05) is 6.61 Å². The van der Waals surface area contributed by atoms with Gasteiger partial charge in [-0.1, -0.05) is 59.6 Å². The Hall–Kier alpha value is -2.43. The highest BCUT2D eigenvalue weighted by Gasteiger charge is 2.43. The zero-order valence-corrected chi connectivity index (χ0v) is 18.7. The Labute approximate surface area is 191 Å². The summed E-state index contributed by atoms with van der Waals surface area (Å²) < 4.78 is 5.66. The van der Waals surface area contributed by atoms with Gasteiger partial charge in [0.1, 0.15) is 5.92 Å². The van der Waals surface area contributed by atoms with Gasteiger partial charge in [0.2, 0.25) is 0 Å². The summed E-state index contributed by atoms with van der Waals surface area (Å²) in [5, 5.41) is 0.931. The summed E-state index contributed by atoms with van der Waals surface area (Å²) in [6, 6.07) is 15.0. The van der Waals surface area contributed by atoms with Crippen LogP contribution in [-0.4, -0.2) is 24.1 Å². The lowest BCUT2D eigenvalue weighted by molar-refractivity contribution is -0.146. The summed E-state index contributed by atoms with van der Waals surface area (Å²) >= 11 is 12.6. The van der Waals surface area contributed by atoms with Crippen LogP contribution in [0.1, 0.15) is 43.2 Å². The number of nitrogens with zero attached hydrogens (tertiary/aromatic N) is 1. The van der Waals surface area contributed by atoms with Crippen molar-refractivity contribution in [3.05, 3.63) is 81.0 Å². The number of allylic oxidation sites excluding steroid dienone is 2. The highest BCUT2D eigenvalue weighted by Crippen LogP contribution is 2.45. The molecule has 0 saturated heterocycles. The van der Waals surface area contributed by atoms with Gasteiger partial charge in [0.25, 0.3) is 0 Å². The molecule has 0 aromatic heterocycles. The Morgan fingerprint density at radius 2 is 1.90 bits per heavy atom. The van der Waals surface area contributed by atoms with E-state index < -0.39 is 17.8 Å². The molecule has 2 aromatic carbocycles. The maximum atomic E-state index is 13.2. The fourth-order valence-corrected chi connectivity index (χ4v) is 4.93. The second-order valence-electron chi connectivity index (χ2n) is 7.91. The molecule has 0 spiro atoms. The van der Waals surface area contributed by atoms with Crippen LogP contribution in [-0.2, 0) is 20.7 Å². The molecule has 6 heteroatoms. The monoisotopic (exact) mass is 455 g/mol. The molecule has 2 aromatic rings. The summed E-state index contributed by atoms with van der Waals surface area (Å²) in [5.74, 6) is -1.58. The molecule has 1 heterocycles.